The van der Waals surface area contributed by atoms with Gasteiger partial charge in [-0.05, 0) is 40.0 Å². The van der Waals surface area contributed by atoms with Crippen molar-refractivity contribution in [1.29, 1.82) is 0 Å². The lowest BCUT2D eigenvalue weighted by molar-refractivity contribution is 0.551. The van der Waals surface area contributed by atoms with Crippen LogP contribution in [0.5, 0.6) is 0 Å². The molecule has 0 amide bonds. The Labute approximate surface area is 107 Å². The summed E-state index contributed by atoms with van der Waals surface area (Å²) in [6.45, 7) is 9.02. The lowest BCUT2D eigenvalue weighted by Gasteiger charge is -2.18. The fraction of sp³-hybridized carbons (Fsp3) is 0.857. The SMILES string of the molecule is C=CCCCCCCCCS(=O)(=O)C(C)(C)C. The molecule has 0 aromatic heterocycles. The molecule has 0 fully saturated rings. The van der Waals surface area contributed by atoms with Gasteiger partial charge < -0.3 is 0 Å². The van der Waals surface area contributed by atoms with E-state index in [1.165, 1.54) is 19.3 Å². The fourth-order valence-corrected chi connectivity index (χ4v) is 2.79. The minimum absolute atomic E-state index is 0.336. The summed E-state index contributed by atoms with van der Waals surface area (Å²) in [6.07, 6.45) is 9.70. The van der Waals surface area contributed by atoms with Gasteiger partial charge in [-0.15, -0.1) is 6.58 Å². The highest BCUT2D eigenvalue weighted by atomic mass is 32.2. The standard InChI is InChI=1S/C14H28O2S/c1-5-6-7-8-9-10-11-12-13-17(15,16)14(2,3)4/h5H,1,6-13H2,2-4H3. The topological polar surface area (TPSA) is 34.1 Å². The van der Waals surface area contributed by atoms with Gasteiger partial charge in [0.15, 0.2) is 9.84 Å². The Morgan fingerprint density at radius 1 is 0.941 bits per heavy atom. The highest BCUT2D eigenvalue weighted by Crippen LogP contribution is 2.18. The maximum absolute atomic E-state index is 11.8. The number of hydrogen-bond donors (Lipinski definition) is 0. The van der Waals surface area contributed by atoms with Crippen LogP contribution in [0.2, 0.25) is 0 Å². The van der Waals surface area contributed by atoms with Crippen molar-refractivity contribution < 1.29 is 8.42 Å². The second-order valence-electron chi connectivity index (χ2n) is 5.63. The van der Waals surface area contributed by atoms with Crippen molar-refractivity contribution in [3.05, 3.63) is 12.7 Å². The zero-order valence-corrected chi connectivity index (χ0v) is 12.5. The molecule has 0 heterocycles. The quantitative estimate of drug-likeness (QED) is 0.462. The molecule has 0 aliphatic heterocycles. The summed E-state index contributed by atoms with van der Waals surface area (Å²) >= 11 is 0. The molecule has 0 aromatic rings. The Hall–Kier alpha value is -0.310. The molecule has 0 aliphatic rings. The molecule has 0 rings (SSSR count). The lowest BCUT2D eigenvalue weighted by atomic mass is 10.1. The van der Waals surface area contributed by atoms with Crippen LogP contribution in [0.3, 0.4) is 0 Å². The van der Waals surface area contributed by atoms with Gasteiger partial charge in [0, 0.05) is 0 Å². The summed E-state index contributed by atoms with van der Waals surface area (Å²) in [7, 11) is -2.91. The zero-order chi connectivity index (χ0) is 13.4. The summed E-state index contributed by atoms with van der Waals surface area (Å²) in [5.74, 6) is 0.336. The van der Waals surface area contributed by atoms with E-state index in [2.05, 4.69) is 6.58 Å². The summed E-state index contributed by atoms with van der Waals surface area (Å²) in [5.41, 5.74) is 0. The Bertz CT molecular complexity index is 297. The molecule has 0 saturated carbocycles. The van der Waals surface area contributed by atoms with Gasteiger partial charge >= 0.3 is 0 Å². The van der Waals surface area contributed by atoms with E-state index in [1.54, 1.807) is 20.8 Å². The molecular weight excluding hydrogens is 232 g/mol. The molecule has 0 aromatic carbocycles. The number of allylic oxidation sites excluding steroid dienone is 1. The third-order valence-corrected chi connectivity index (χ3v) is 5.70. The first-order valence-corrected chi connectivity index (χ1v) is 8.29. The van der Waals surface area contributed by atoms with Gasteiger partial charge in [-0.3, -0.25) is 0 Å². The van der Waals surface area contributed by atoms with Gasteiger partial charge in [0.2, 0.25) is 0 Å². The first-order valence-electron chi connectivity index (χ1n) is 6.64. The number of unbranched alkanes of at least 4 members (excludes halogenated alkanes) is 6. The van der Waals surface area contributed by atoms with Crippen molar-refractivity contribution in [2.45, 2.75) is 70.5 Å². The number of sulfone groups is 1. The highest BCUT2D eigenvalue weighted by Gasteiger charge is 2.27. The molecule has 0 radical (unpaired) electrons. The van der Waals surface area contributed by atoms with Crippen LogP contribution in [-0.4, -0.2) is 18.9 Å². The van der Waals surface area contributed by atoms with Crippen LogP contribution in [0.25, 0.3) is 0 Å². The predicted molar refractivity (Wildman–Crippen MR) is 76.1 cm³/mol. The maximum Gasteiger partial charge on any atom is 0.155 e. The molecule has 0 bridgehead atoms. The van der Waals surface area contributed by atoms with Gasteiger partial charge in [0.05, 0.1) is 10.5 Å². The van der Waals surface area contributed by atoms with E-state index in [-0.39, 0.29) is 0 Å². The van der Waals surface area contributed by atoms with Crippen molar-refractivity contribution >= 4 is 9.84 Å². The number of hydrogen-bond acceptors (Lipinski definition) is 2. The largest absolute Gasteiger partial charge is 0.228 e. The summed E-state index contributed by atoms with van der Waals surface area (Å²) < 4.78 is 23.0. The van der Waals surface area contributed by atoms with Crippen LogP contribution in [0.15, 0.2) is 12.7 Å². The fourth-order valence-electron chi connectivity index (χ4n) is 1.59. The van der Waals surface area contributed by atoms with E-state index in [0.29, 0.717) is 5.75 Å². The van der Waals surface area contributed by atoms with Crippen LogP contribution in [0, 0.1) is 0 Å². The van der Waals surface area contributed by atoms with Gasteiger partial charge in [-0.1, -0.05) is 31.8 Å². The molecule has 0 spiro atoms. The van der Waals surface area contributed by atoms with Crippen molar-refractivity contribution in [2.24, 2.45) is 0 Å². The Morgan fingerprint density at radius 2 is 1.41 bits per heavy atom. The van der Waals surface area contributed by atoms with Crippen LogP contribution in [0.4, 0.5) is 0 Å². The van der Waals surface area contributed by atoms with Crippen LogP contribution < -0.4 is 0 Å². The minimum Gasteiger partial charge on any atom is -0.228 e. The second-order valence-corrected chi connectivity index (χ2v) is 8.49. The minimum atomic E-state index is -2.91. The van der Waals surface area contributed by atoms with E-state index in [4.69, 9.17) is 0 Å². The first-order chi connectivity index (χ1) is 7.81. The molecule has 0 N–H and O–H groups in total. The average Bonchev–Trinajstić information content (AvgIpc) is 2.20. The summed E-state index contributed by atoms with van der Waals surface area (Å²) in [5, 5.41) is 0. The smallest absolute Gasteiger partial charge is 0.155 e. The van der Waals surface area contributed by atoms with Crippen molar-refractivity contribution in [1.82, 2.24) is 0 Å². The monoisotopic (exact) mass is 260 g/mol. The molecule has 0 aliphatic carbocycles. The van der Waals surface area contributed by atoms with E-state index >= 15 is 0 Å². The van der Waals surface area contributed by atoms with E-state index in [1.807, 2.05) is 6.08 Å². The molecular formula is C14H28O2S. The summed E-state index contributed by atoms with van der Waals surface area (Å²) in [4.78, 5) is 0. The van der Waals surface area contributed by atoms with Gasteiger partial charge in [-0.25, -0.2) is 8.42 Å². The van der Waals surface area contributed by atoms with Crippen molar-refractivity contribution in [3.8, 4) is 0 Å². The van der Waals surface area contributed by atoms with Crippen LogP contribution >= 0.6 is 0 Å². The normalized spacial score (nSPS) is 12.6. The van der Waals surface area contributed by atoms with Crippen LogP contribution in [0.1, 0.15) is 65.7 Å². The second kappa shape index (κ2) is 7.91. The van der Waals surface area contributed by atoms with Gasteiger partial charge in [-0.2, -0.15) is 0 Å². The maximum atomic E-state index is 11.8. The van der Waals surface area contributed by atoms with E-state index in [9.17, 15) is 8.42 Å². The lowest BCUT2D eigenvalue weighted by Crippen LogP contribution is -2.30. The van der Waals surface area contributed by atoms with E-state index in [0.717, 1.165) is 25.7 Å². The first kappa shape index (κ1) is 16.7. The van der Waals surface area contributed by atoms with Crippen molar-refractivity contribution in [2.75, 3.05) is 5.75 Å². The third kappa shape index (κ3) is 7.58. The van der Waals surface area contributed by atoms with E-state index < -0.39 is 14.6 Å². The van der Waals surface area contributed by atoms with Gasteiger partial charge in [0.1, 0.15) is 0 Å². The number of rotatable bonds is 9. The predicted octanol–water partition coefficient (Wildman–Crippen LogP) is 4.12. The van der Waals surface area contributed by atoms with Crippen molar-refractivity contribution in [3.63, 3.8) is 0 Å². The summed E-state index contributed by atoms with van der Waals surface area (Å²) in [6, 6.07) is 0. The van der Waals surface area contributed by atoms with Crippen LogP contribution in [-0.2, 0) is 9.84 Å². The zero-order valence-electron chi connectivity index (χ0n) is 11.7. The molecule has 3 heteroatoms. The Kier molecular flexibility index (Phi) is 7.77. The van der Waals surface area contributed by atoms with Gasteiger partial charge in [0.25, 0.3) is 0 Å². The molecule has 0 unspecified atom stereocenters. The molecule has 0 atom stereocenters. The highest BCUT2D eigenvalue weighted by molar-refractivity contribution is 7.92. The Morgan fingerprint density at radius 3 is 1.88 bits per heavy atom. The molecule has 17 heavy (non-hydrogen) atoms. The third-order valence-electron chi connectivity index (χ3n) is 3.00. The molecule has 102 valence electrons. The Balaban J connectivity index is 3.56. The molecule has 0 saturated heterocycles. The average molecular weight is 260 g/mol. The molecule has 2 nitrogen and oxygen atoms in total.